The highest BCUT2D eigenvalue weighted by Gasteiger charge is 2.30. The molecule has 1 rings (SSSR count). The molecule has 0 saturated carbocycles. The molecule has 0 aromatic rings. The monoisotopic (exact) mass is 265 g/mol. The van der Waals surface area contributed by atoms with Gasteiger partial charge in [-0.2, -0.15) is 0 Å². The zero-order chi connectivity index (χ0) is 14.3. The molecule has 0 aromatic heterocycles. The molecule has 104 valence electrons. The van der Waals surface area contributed by atoms with Crippen molar-refractivity contribution in [1.82, 2.24) is 0 Å². The molecule has 0 atom stereocenters. The molecule has 19 heavy (non-hydrogen) atoms. The molecule has 1 heterocycles. The van der Waals surface area contributed by atoms with Gasteiger partial charge in [-0.25, -0.2) is 9.59 Å². The smallest absolute Gasteiger partial charge is 0.346 e. The Kier molecular flexibility index (Phi) is 5.99. The van der Waals surface area contributed by atoms with Crippen molar-refractivity contribution in [2.45, 2.75) is 45.4 Å². The van der Waals surface area contributed by atoms with Gasteiger partial charge in [0, 0.05) is 12.4 Å². The third-order valence-electron chi connectivity index (χ3n) is 2.81. The highest BCUT2D eigenvalue weighted by atomic mass is 16.6. The minimum absolute atomic E-state index is 0.0321. The first-order valence-electron chi connectivity index (χ1n) is 6.42. The summed E-state index contributed by atoms with van der Waals surface area (Å²) in [6, 6.07) is 0. The zero-order valence-electron chi connectivity index (χ0n) is 10.9. The largest absolute Gasteiger partial charge is 0.550 e. The van der Waals surface area contributed by atoms with E-state index in [0.717, 1.165) is 32.1 Å². The Bertz CT molecular complexity index is 431. The van der Waals surface area contributed by atoms with Crippen molar-refractivity contribution < 1.29 is 24.2 Å². The van der Waals surface area contributed by atoms with Crippen molar-refractivity contribution in [2.75, 3.05) is 0 Å². The molecular formula is C14H17O5-. The number of aliphatic carboxylic acids is 1. The molecule has 1 aliphatic heterocycles. The van der Waals surface area contributed by atoms with Crippen molar-refractivity contribution in [3.8, 4) is 0 Å². The fourth-order valence-corrected chi connectivity index (χ4v) is 1.80. The van der Waals surface area contributed by atoms with Crippen LogP contribution in [0.1, 0.15) is 45.4 Å². The van der Waals surface area contributed by atoms with Gasteiger partial charge in [-0.05, 0) is 12.8 Å². The molecule has 0 fully saturated rings. The maximum atomic E-state index is 11.4. The Labute approximate surface area is 111 Å². The number of carboxylic acids is 1. The van der Waals surface area contributed by atoms with E-state index >= 15 is 0 Å². The van der Waals surface area contributed by atoms with E-state index in [1.54, 1.807) is 6.08 Å². The number of cyclic esters (lactones) is 2. The molecule has 0 saturated heterocycles. The topological polar surface area (TPSA) is 83.5 Å². The molecule has 5 nitrogen and oxygen atoms in total. The molecule has 0 amide bonds. The van der Waals surface area contributed by atoms with Crippen LogP contribution in [0.4, 0.5) is 0 Å². The Morgan fingerprint density at radius 3 is 2.58 bits per heavy atom. The van der Waals surface area contributed by atoms with Crippen LogP contribution in [0.25, 0.3) is 0 Å². The first-order chi connectivity index (χ1) is 9.06. The van der Waals surface area contributed by atoms with Crippen LogP contribution in [0.3, 0.4) is 0 Å². The lowest BCUT2D eigenvalue weighted by molar-refractivity contribution is -0.304. The fourth-order valence-electron chi connectivity index (χ4n) is 1.80. The van der Waals surface area contributed by atoms with E-state index in [1.165, 1.54) is 6.08 Å². The van der Waals surface area contributed by atoms with Gasteiger partial charge in [-0.15, -0.1) is 0 Å². The van der Waals surface area contributed by atoms with E-state index in [2.05, 4.69) is 11.7 Å². The Morgan fingerprint density at radius 2 is 1.95 bits per heavy atom. The van der Waals surface area contributed by atoms with Gasteiger partial charge in [-0.3, -0.25) is 0 Å². The standard InChI is InChI=1S/C14H18O5/c1-2-3-4-5-6-7-8-10-11(9-12(15)16)14(18)19-13(10)17/h7-8H,2-6,9H2,1H3,(H,15,16)/p-1/b8-7+. The molecule has 1 aliphatic rings. The maximum absolute atomic E-state index is 11.4. The molecule has 0 spiro atoms. The third-order valence-corrected chi connectivity index (χ3v) is 2.81. The first kappa shape index (κ1) is 15.1. The third kappa shape index (κ3) is 4.69. The van der Waals surface area contributed by atoms with E-state index in [-0.39, 0.29) is 11.1 Å². The fraction of sp³-hybridized carbons (Fsp3) is 0.500. The summed E-state index contributed by atoms with van der Waals surface area (Å²) >= 11 is 0. The number of allylic oxidation sites excluding steroid dienone is 1. The Morgan fingerprint density at radius 1 is 1.21 bits per heavy atom. The second-order valence-corrected chi connectivity index (χ2v) is 4.37. The molecule has 0 unspecified atom stereocenters. The lowest BCUT2D eigenvalue weighted by atomic mass is 10.1. The molecule has 0 bridgehead atoms. The van der Waals surface area contributed by atoms with Gasteiger partial charge in [0.15, 0.2) is 0 Å². The average Bonchev–Trinajstić information content (AvgIpc) is 2.59. The number of carbonyl (C=O) groups is 3. The quantitative estimate of drug-likeness (QED) is 0.372. The maximum Gasteiger partial charge on any atom is 0.346 e. The minimum atomic E-state index is -1.41. The number of ether oxygens (including phenoxy) is 1. The highest BCUT2D eigenvalue weighted by Crippen LogP contribution is 2.21. The Hall–Kier alpha value is -1.91. The molecule has 0 aliphatic carbocycles. The van der Waals surface area contributed by atoms with Crippen LogP contribution in [-0.4, -0.2) is 17.9 Å². The summed E-state index contributed by atoms with van der Waals surface area (Å²) in [6.45, 7) is 2.12. The van der Waals surface area contributed by atoms with Crippen LogP contribution in [0.5, 0.6) is 0 Å². The number of carbonyl (C=O) groups excluding carboxylic acids is 3. The lowest BCUT2D eigenvalue weighted by Gasteiger charge is -2.00. The van der Waals surface area contributed by atoms with Crippen molar-refractivity contribution in [1.29, 1.82) is 0 Å². The van der Waals surface area contributed by atoms with Gasteiger partial charge in [0.2, 0.25) is 0 Å². The van der Waals surface area contributed by atoms with Crippen molar-refractivity contribution in [3.05, 3.63) is 23.3 Å². The van der Waals surface area contributed by atoms with E-state index < -0.39 is 24.3 Å². The van der Waals surface area contributed by atoms with Crippen LogP contribution in [-0.2, 0) is 19.1 Å². The number of unbranched alkanes of at least 4 members (excludes halogenated alkanes) is 4. The molecule has 0 N–H and O–H groups in total. The summed E-state index contributed by atoms with van der Waals surface area (Å²) in [4.78, 5) is 33.2. The predicted octanol–water partition coefficient (Wildman–Crippen LogP) is 1.03. The van der Waals surface area contributed by atoms with Gasteiger partial charge in [0.05, 0.1) is 11.1 Å². The number of hydrogen-bond acceptors (Lipinski definition) is 5. The molecule has 5 heteroatoms. The van der Waals surface area contributed by atoms with Gasteiger partial charge < -0.3 is 14.6 Å². The van der Waals surface area contributed by atoms with Crippen LogP contribution in [0, 0.1) is 0 Å². The molecule has 0 aromatic carbocycles. The normalized spacial score (nSPS) is 15.4. The van der Waals surface area contributed by atoms with Gasteiger partial charge in [0.25, 0.3) is 0 Å². The van der Waals surface area contributed by atoms with Crippen molar-refractivity contribution in [3.63, 3.8) is 0 Å². The van der Waals surface area contributed by atoms with Gasteiger partial charge in [0.1, 0.15) is 0 Å². The van der Waals surface area contributed by atoms with Gasteiger partial charge in [-0.1, -0.05) is 38.3 Å². The zero-order valence-corrected chi connectivity index (χ0v) is 10.9. The highest BCUT2D eigenvalue weighted by molar-refractivity contribution is 6.15. The second kappa shape index (κ2) is 7.51. The summed E-state index contributed by atoms with van der Waals surface area (Å²) in [5.74, 6) is -3.08. The van der Waals surface area contributed by atoms with Crippen molar-refractivity contribution >= 4 is 17.9 Å². The number of rotatable bonds is 8. The summed E-state index contributed by atoms with van der Waals surface area (Å²) in [5.41, 5.74) is -0.0977. The number of carboxylic acid groups (broad SMARTS) is 1. The van der Waals surface area contributed by atoms with Gasteiger partial charge >= 0.3 is 11.9 Å². The van der Waals surface area contributed by atoms with Crippen LogP contribution in [0.15, 0.2) is 23.3 Å². The minimum Gasteiger partial charge on any atom is -0.550 e. The Balaban J connectivity index is 2.63. The number of esters is 2. The summed E-state index contributed by atoms with van der Waals surface area (Å²) in [7, 11) is 0. The molecular weight excluding hydrogens is 248 g/mol. The van der Waals surface area contributed by atoms with Crippen LogP contribution in [0.2, 0.25) is 0 Å². The van der Waals surface area contributed by atoms with Crippen molar-refractivity contribution in [2.24, 2.45) is 0 Å². The van der Waals surface area contributed by atoms with E-state index in [1.807, 2.05) is 0 Å². The second-order valence-electron chi connectivity index (χ2n) is 4.37. The summed E-state index contributed by atoms with van der Waals surface area (Å²) < 4.78 is 4.39. The van der Waals surface area contributed by atoms with Crippen LogP contribution < -0.4 is 5.11 Å². The lowest BCUT2D eigenvalue weighted by Crippen LogP contribution is -2.23. The first-order valence-corrected chi connectivity index (χ1v) is 6.42. The van der Waals surface area contributed by atoms with E-state index in [9.17, 15) is 19.5 Å². The SMILES string of the molecule is CCCCCC/C=C/C1=C(CC(=O)[O-])C(=O)OC1=O. The summed E-state index contributed by atoms with van der Waals surface area (Å²) in [6.07, 6.45) is 7.82. The van der Waals surface area contributed by atoms with E-state index in [0.29, 0.717) is 0 Å². The predicted molar refractivity (Wildman–Crippen MR) is 65.6 cm³/mol. The van der Waals surface area contributed by atoms with E-state index in [4.69, 9.17) is 0 Å². The van der Waals surface area contributed by atoms with Crippen LogP contribution >= 0.6 is 0 Å². The average molecular weight is 265 g/mol. The summed E-state index contributed by atoms with van der Waals surface area (Å²) in [5, 5.41) is 10.5. The number of hydrogen-bond donors (Lipinski definition) is 0. The molecule has 0 radical (unpaired) electrons.